The molecule has 0 bridgehead atoms. The Morgan fingerprint density at radius 1 is 1.44 bits per heavy atom. The molecule has 0 unspecified atom stereocenters. The molecule has 100 valence electrons. The molecule has 1 amide bonds. The summed E-state index contributed by atoms with van der Waals surface area (Å²) in [6.07, 6.45) is 3.54. The van der Waals surface area contributed by atoms with Gasteiger partial charge in [-0.25, -0.2) is 0 Å². The molecule has 1 aliphatic carbocycles. The lowest BCUT2D eigenvalue weighted by molar-refractivity contribution is 0.0748. The van der Waals surface area contributed by atoms with Crippen molar-refractivity contribution < 1.29 is 4.79 Å². The van der Waals surface area contributed by atoms with Crippen LogP contribution in [-0.2, 0) is 0 Å². The maximum absolute atomic E-state index is 12.3. The third-order valence-corrected chi connectivity index (χ3v) is 3.09. The van der Waals surface area contributed by atoms with Crippen molar-refractivity contribution in [3.05, 3.63) is 29.8 Å². The molecule has 0 spiro atoms. The zero-order chi connectivity index (χ0) is 12.3. The number of carbonyl (C=O) groups is 1. The fourth-order valence-electron chi connectivity index (χ4n) is 2.01. The van der Waals surface area contributed by atoms with E-state index < -0.39 is 0 Å². The van der Waals surface area contributed by atoms with Crippen LogP contribution in [0.1, 0.15) is 36.5 Å². The molecule has 1 aliphatic rings. The summed E-state index contributed by atoms with van der Waals surface area (Å²) < 4.78 is 0. The van der Waals surface area contributed by atoms with E-state index in [2.05, 4.69) is 6.92 Å². The van der Waals surface area contributed by atoms with Gasteiger partial charge in [-0.1, -0.05) is 13.0 Å². The molecule has 0 aliphatic heterocycles. The topological polar surface area (TPSA) is 46.3 Å². The normalized spacial score (nSPS) is 13.8. The predicted molar refractivity (Wildman–Crippen MR) is 77.0 cm³/mol. The van der Waals surface area contributed by atoms with Crippen molar-refractivity contribution in [3.63, 3.8) is 0 Å². The Morgan fingerprint density at radius 2 is 2.17 bits per heavy atom. The van der Waals surface area contributed by atoms with Gasteiger partial charge in [0, 0.05) is 24.3 Å². The molecule has 1 aromatic rings. The van der Waals surface area contributed by atoms with Crippen LogP contribution in [0.25, 0.3) is 0 Å². The molecule has 0 aromatic heterocycles. The SMILES string of the molecule is CCCN(CC1CC1)C(=O)c1cccc(N)c1.Cl. The fourth-order valence-corrected chi connectivity index (χ4v) is 2.01. The summed E-state index contributed by atoms with van der Waals surface area (Å²) in [6, 6.07) is 7.25. The number of anilines is 1. The summed E-state index contributed by atoms with van der Waals surface area (Å²) in [5.41, 5.74) is 7.07. The second-order valence-electron chi connectivity index (χ2n) is 4.82. The van der Waals surface area contributed by atoms with Gasteiger partial charge in [0.1, 0.15) is 0 Å². The molecule has 3 nitrogen and oxygen atoms in total. The maximum atomic E-state index is 12.3. The maximum Gasteiger partial charge on any atom is 0.253 e. The Bertz CT molecular complexity index is 405. The number of carbonyl (C=O) groups excluding carboxylic acids is 1. The van der Waals surface area contributed by atoms with E-state index in [-0.39, 0.29) is 18.3 Å². The molecular weight excluding hydrogens is 248 g/mol. The summed E-state index contributed by atoms with van der Waals surface area (Å²) in [5, 5.41) is 0. The molecule has 1 fully saturated rings. The molecule has 2 N–H and O–H groups in total. The number of benzene rings is 1. The van der Waals surface area contributed by atoms with E-state index in [9.17, 15) is 4.79 Å². The quantitative estimate of drug-likeness (QED) is 0.835. The van der Waals surface area contributed by atoms with Crippen molar-refractivity contribution in [2.24, 2.45) is 5.92 Å². The first-order chi connectivity index (χ1) is 8.20. The summed E-state index contributed by atoms with van der Waals surface area (Å²) in [5.74, 6) is 0.845. The lowest BCUT2D eigenvalue weighted by atomic mass is 10.1. The monoisotopic (exact) mass is 268 g/mol. The first-order valence-electron chi connectivity index (χ1n) is 6.35. The summed E-state index contributed by atoms with van der Waals surface area (Å²) in [6.45, 7) is 3.85. The van der Waals surface area contributed by atoms with Crippen molar-refractivity contribution in [2.75, 3.05) is 18.8 Å². The zero-order valence-electron chi connectivity index (χ0n) is 10.8. The molecule has 0 radical (unpaired) electrons. The van der Waals surface area contributed by atoms with Crippen molar-refractivity contribution in [1.82, 2.24) is 4.90 Å². The minimum Gasteiger partial charge on any atom is -0.399 e. The Labute approximate surface area is 115 Å². The van der Waals surface area contributed by atoms with Crippen LogP contribution in [0.2, 0.25) is 0 Å². The van der Waals surface area contributed by atoms with E-state index in [1.54, 1.807) is 6.07 Å². The van der Waals surface area contributed by atoms with Gasteiger partial charge in [0.2, 0.25) is 0 Å². The Balaban J connectivity index is 0.00000162. The number of hydrogen-bond acceptors (Lipinski definition) is 2. The van der Waals surface area contributed by atoms with Crippen LogP contribution in [0.5, 0.6) is 0 Å². The van der Waals surface area contributed by atoms with Crippen LogP contribution in [0.4, 0.5) is 5.69 Å². The summed E-state index contributed by atoms with van der Waals surface area (Å²) in [4.78, 5) is 14.3. The number of nitrogens with two attached hydrogens (primary N) is 1. The third-order valence-electron chi connectivity index (χ3n) is 3.09. The average molecular weight is 269 g/mol. The highest BCUT2D eigenvalue weighted by molar-refractivity contribution is 5.95. The number of rotatable bonds is 5. The third kappa shape index (κ3) is 3.91. The number of halogens is 1. The standard InChI is InChI=1S/C14H20N2O.ClH/c1-2-8-16(10-11-6-7-11)14(17)12-4-3-5-13(15)9-12;/h3-5,9,11H,2,6-8,10,15H2,1H3;1H. The van der Waals surface area contributed by atoms with Crippen LogP contribution in [-0.4, -0.2) is 23.9 Å². The second-order valence-corrected chi connectivity index (χ2v) is 4.82. The van der Waals surface area contributed by atoms with Crippen LogP contribution in [0.3, 0.4) is 0 Å². The second kappa shape index (κ2) is 6.64. The van der Waals surface area contributed by atoms with E-state index in [1.807, 2.05) is 23.1 Å². The van der Waals surface area contributed by atoms with Crippen LogP contribution < -0.4 is 5.73 Å². The zero-order valence-corrected chi connectivity index (χ0v) is 11.6. The van der Waals surface area contributed by atoms with E-state index >= 15 is 0 Å². The highest BCUT2D eigenvalue weighted by Crippen LogP contribution is 2.30. The smallest absolute Gasteiger partial charge is 0.253 e. The minimum atomic E-state index is 0. The Hall–Kier alpha value is -1.22. The van der Waals surface area contributed by atoms with Gasteiger partial charge in [-0.3, -0.25) is 4.79 Å². The molecule has 1 aromatic carbocycles. The molecule has 18 heavy (non-hydrogen) atoms. The van der Waals surface area contributed by atoms with Gasteiger partial charge in [-0.05, 0) is 43.4 Å². The summed E-state index contributed by atoms with van der Waals surface area (Å²) >= 11 is 0. The van der Waals surface area contributed by atoms with Gasteiger partial charge in [0.05, 0.1) is 0 Å². The van der Waals surface area contributed by atoms with Crippen LogP contribution in [0.15, 0.2) is 24.3 Å². The lowest BCUT2D eigenvalue weighted by Gasteiger charge is -2.22. The van der Waals surface area contributed by atoms with Gasteiger partial charge in [0.15, 0.2) is 0 Å². The van der Waals surface area contributed by atoms with Gasteiger partial charge in [-0.15, -0.1) is 12.4 Å². The van der Waals surface area contributed by atoms with Crippen molar-refractivity contribution in [3.8, 4) is 0 Å². The van der Waals surface area contributed by atoms with Crippen molar-refractivity contribution >= 4 is 24.0 Å². The minimum absolute atomic E-state index is 0. The highest BCUT2D eigenvalue weighted by atomic mass is 35.5. The summed E-state index contributed by atoms with van der Waals surface area (Å²) in [7, 11) is 0. The highest BCUT2D eigenvalue weighted by Gasteiger charge is 2.26. The fraction of sp³-hybridized carbons (Fsp3) is 0.500. The van der Waals surface area contributed by atoms with Gasteiger partial charge in [0.25, 0.3) is 5.91 Å². The van der Waals surface area contributed by atoms with E-state index in [1.165, 1.54) is 12.8 Å². The van der Waals surface area contributed by atoms with Crippen molar-refractivity contribution in [1.29, 1.82) is 0 Å². The Kier molecular flexibility index (Phi) is 5.48. The first-order valence-corrected chi connectivity index (χ1v) is 6.35. The largest absolute Gasteiger partial charge is 0.399 e. The van der Waals surface area contributed by atoms with Crippen LogP contribution >= 0.6 is 12.4 Å². The average Bonchev–Trinajstić information content (AvgIpc) is 3.11. The van der Waals surface area contributed by atoms with Gasteiger partial charge >= 0.3 is 0 Å². The lowest BCUT2D eigenvalue weighted by Crippen LogP contribution is -2.33. The molecule has 2 rings (SSSR count). The van der Waals surface area contributed by atoms with E-state index in [4.69, 9.17) is 5.73 Å². The van der Waals surface area contributed by atoms with Gasteiger partial charge in [-0.2, -0.15) is 0 Å². The molecule has 4 heteroatoms. The molecule has 1 saturated carbocycles. The number of nitrogen functional groups attached to an aromatic ring is 1. The molecule has 0 heterocycles. The molecule has 0 atom stereocenters. The van der Waals surface area contributed by atoms with E-state index in [0.29, 0.717) is 11.3 Å². The number of nitrogens with zero attached hydrogens (tertiary/aromatic N) is 1. The van der Waals surface area contributed by atoms with Crippen molar-refractivity contribution in [2.45, 2.75) is 26.2 Å². The molecule has 0 saturated heterocycles. The van der Waals surface area contributed by atoms with Crippen LogP contribution in [0, 0.1) is 5.92 Å². The molecular formula is C14H21ClN2O. The first kappa shape index (κ1) is 14.8. The Morgan fingerprint density at radius 3 is 2.72 bits per heavy atom. The predicted octanol–water partition coefficient (Wildman–Crippen LogP) is 2.95. The van der Waals surface area contributed by atoms with Gasteiger partial charge < -0.3 is 10.6 Å². The number of amides is 1. The van der Waals surface area contributed by atoms with E-state index in [0.717, 1.165) is 25.4 Å². The number of hydrogen-bond donors (Lipinski definition) is 1.